The summed E-state index contributed by atoms with van der Waals surface area (Å²) >= 11 is 0. The van der Waals surface area contributed by atoms with Crippen molar-refractivity contribution in [2.24, 2.45) is 11.8 Å². The third-order valence-corrected chi connectivity index (χ3v) is 5.81. The van der Waals surface area contributed by atoms with Crippen molar-refractivity contribution in [1.82, 2.24) is 0 Å². The van der Waals surface area contributed by atoms with Gasteiger partial charge in [0.05, 0.1) is 30.4 Å². The summed E-state index contributed by atoms with van der Waals surface area (Å²) in [5.74, 6) is -1.67. The first-order chi connectivity index (χ1) is 14.4. The molecule has 2 saturated heterocycles. The lowest BCUT2D eigenvalue weighted by Crippen LogP contribution is -2.43. The Morgan fingerprint density at radius 2 is 1.97 bits per heavy atom. The summed E-state index contributed by atoms with van der Waals surface area (Å²) in [6, 6.07) is 6.74. The quantitative estimate of drug-likeness (QED) is 0.323. The van der Waals surface area contributed by atoms with Crippen LogP contribution in [-0.2, 0) is 33.3 Å². The first-order valence-corrected chi connectivity index (χ1v) is 9.45. The molecule has 1 aromatic rings. The Morgan fingerprint density at radius 1 is 1.20 bits per heavy atom. The summed E-state index contributed by atoms with van der Waals surface area (Å²) in [5.41, 5.74) is 0.425. The Morgan fingerprint density at radius 3 is 2.67 bits per heavy atom. The molecule has 3 aliphatic heterocycles. The standard InChI is InChI=1S/C22H18O8/c1-11(23)28-13-5-3-12(4-6-13)9-15-18-22(30-20(15)25)8-7-14-16(19(24)26-2)10-27-21(29-18)17(14)22/h3-10,14,17-18,21H,1-2H3/b15-9+/t14-,17-,18+,21-,22+/m1/s1. The maximum atomic E-state index is 12.7. The molecule has 8 heteroatoms. The van der Waals surface area contributed by atoms with E-state index in [1.165, 1.54) is 20.3 Å². The minimum absolute atomic E-state index is 0.323. The lowest BCUT2D eigenvalue weighted by Gasteiger charge is -2.32. The van der Waals surface area contributed by atoms with E-state index in [-0.39, 0.29) is 11.8 Å². The number of allylic oxidation sites excluding steroid dienone is 1. The minimum atomic E-state index is -1.02. The normalized spacial score (nSPS) is 34.0. The molecule has 0 N–H and O–H groups in total. The van der Waals surface area contributed by atoms with E-state index in [4.69, 9.17) is 23.7 Å². The predicted molar refractivity (Wildman–Crippen MR) is 101 cm³/mol. The van der Waals surface area contributed by atoms with Gasteiger partial charge >= 0.3 is 17.9 Å². The van der Waals surface area contributed by atoms with Crippen molar-refractivity contribution in [1.29, 1.82) is 0 Å². The molecule has 8 nitrogen and oxygen atoms in total. The first kappa shape index (κ1) is 18.6. The summed E-state index contributed by atoms with van der Waals surface area (Å²) in [5, 5.41) is 0. The highest BCUT2D eigenvalue weighted by Crippen LogP contribution is 2.58. The summed E-state index contributed by atoms with van der Waals surface area (Å²) in [4.78, 5) is 35.9. The lowest BCUT2D eigenvalue weighted by atomic mass is 9.78. The molecule has 1 spiro atoms. The number of hydrogen-bond donors (Lipinski definition) is 0. The molecule has 0 unspecified atom stereocenters. The van der Waals surface area contributed by atoms with Crippen molar-refractivity contribution in [3.8, 4) is 5.75 Å². The van der Waals surface area contributed by atoms with Gasteiger partial charge in [0.1, 0.15) is 11.9 Å². The molecule has 2 fully saturated rings. The zero-order valence-electron chi connectivity index (χ0n) is 16.2. The van der Waals surface area contributed by atoms with Gasteiger partial charge in [-0.15, -0.1) is 0 Å². The van der Waals surface area contributed by atoms with Crippen molar-refractivity contribution in [3.05, 3.63) is 59.4 Å². The number of benzene rings is 1. The first-order valence-electron chi connectivity index (χ1n) is 9.45. The fourth-order valence-electron chi connectivity index (χ4n) is 4.58. The summed E-state index contributed by atoms with van der Waals surface area (Å²) in [7, 11) is 1.31. The van der Waals surface area contributed by atoms with E-state index in [1.54, 1.807) is 36.4 Å². The van der Waals surface area contributed by atoms with Crippen molar-refractivity contribution in [3.63, 3.8) is 0 Å². The summed E-state index contributed by atoms with van der Waals surface area (Å²) < 4.78 is 27.4. The Balaban J connectivity index is 1.45. The lowest BCUT2D eigenvalue weighted by molar-refractivity contribution is -0.152. The van der Waals surface area contributed by atoms with E-state index in [0.29, 0.717) is 16.9 Å². The topological polar surface area (TPSA) is 97.4 Å². The van der Waals surface area contributed by atoms with Gasteiger partial charge in [0.15, 0.2) is 5.60 Å². The second-order valence-corrected chi connectivity index (χ2v) is 7.50. The SMILES string of the molecule is COC(=O)C1=CO[C@@H]2O[C@H]3/C(=C\c4ccc(OC(C)=O)cc4)C(=O)O[C@]34C=C[C@H]1[C@H]24. The third kappa shape index (κ3) is 2.60. The van der Waals surface area contributed by atoms with Gasteiger partial charge in [-0.2, -0.15) is 0 Å². The van der Waals surface area contributed by atoms with Crippen molar-refractivity contribution >= 4 is 24.0 Å². The van der Waals surface area contributed by atoms with Gasteiger partial charge in [0, 0.05) is 12.8 Å². The Kier molecular flexibility index (Phi) is 4.08. The number of hydrogen-bond acceptors (Lipinski definition) is 8. The molecular formula is C22H18O8. The number of esters is 3. The monoisotopic (exact) mass is 410 g/mol. The minimum Gasteiger partial charge on any atom is -0.471 e. The summed E-state index contributed by atoms with van der Waals surface area (Å²) in [6.07, 6.45) is 5.38. The van der Waals surface area contributed by atoms with Crippen molar-refractivity contribution in [2.75, 3.05) is 7.11 Å². The van der Waals surface area contributed by atoms with Crippen LogP contribution in [0.1, 0.15) is 12.5 Å². The molecule has 0 radical (unpaired) electrons. The molecule has 154 valence electrons. The number of carbonyl (C=O) groups is 3. The highest BCUT2D eigenvalue weighted by atomic mass is 16.7. The molecule has 1 aliphatic carbocycles. The van der Waals surface area contributed by atoms with E-state index in [2.05, 4.69) is 0 Å². The van der Waals surface area contributed by atoms with Crippen LogP contribution in [0.2, 0.25) is 0 Å². The van der Waals surface area contributed by atoms with E-state index in [9.17, 15) is 14.4 Å². The van der Waals surface area contributed by atoms with Gasteiger partial charge in [0.2, 0.25) is 6.29 Å². The van der Waals surface area contributed by atoms with Crippen LogP contribution in [0.15, 0.2) is 53.8 Å². The maximum Gasteiger partial charge on any atom is 0.337 e. The van der Waals surface area contributed by atoms with Crippen LogP contribution in [0.4, 0.5) is 0 Å². The molecule has 0 amide bonds. The molecule has 3 heterocycles. The van der Waals surface area contributed by atoms with Gasteiger partial charge in [-0.3, -0.25) is 4.79 Å². The van der Waals surface area contributed by atoms with Crippen LogP contribution in [0.3, 0.4) is 0 Å². The molecule has 5 atom stereocenters. The zero-order chi connectivity index (χ0) is 21.0. The Labute approximate surface area is 171 Å². The van der Waals surface area contributed by atoms with Crippen molar-refractivity contribution in [2.45, 2.75) is 24.9 Å². The van der Waals surface area contributed by atoms with Crippen LogP contribution in [0.5, 0.6) is 5.75 Å². The van der Waals surface area contributed by atoms with Crippen LogP contribution in [0, 0.1) is 11.8 Å². The maximum absolute atomic E-state index is 12.7. The predicted octanol–water partition coefficient (Wildman–Crippen LogP) is 1.91. The highest BCUT2D eigenvalue weighted by Gasteiger charge is 2.70. The van der Waals surface area contributed by atoms with Crippen LogP contribution in [0.25, 0.3) is 6.08 Å². The fraction of sp³-hybridized carbons (Fsp3) is 0.318. The molecule has 30 heavy (non-hydrogen) atoms. The Bertz CT molecular complexity index is 1030. The third-order valence-electron chi connectivity index (χ3n) is 5.81. The molecule has 4 aliphatic rings. The average Bonchev–Trinajstić information content (AvgIpc) is 3.33. The molecule has 1 aromatic carbocycles. The second kappa shape index (κ2) is 6.56. The van der Waals surface area contributed by atoms with E-state index >= 15 is 0 Å². The van der Waals surface area contributed by atoms with Gasteiger partial charge < -0.3 is 23.7 Å². The highest BCUT2D eigenvalue weighted by molar-refractivity contribution is 5.99. The average molecular weight is 410 g/mol. The molecule has 0 saturated carbocycles. The molecular weight excluding hydrogens is 392 g/mol. The van der Waals surface area contributed by atoms with E-state index in [1.807, 2.05) is 6.08 Å². The van der Waals surface area contributed by atoms with Gasteiger partial charge in [-0.1, -0.05) is 18.2 Å². The Hall–Kier alpha value is -3.39. The number of carbonyl (C=O) groups excluding carboxylic acids is 3. The summed E-state index contributed by atoms with van der Waals surface area (Å²) in [6.45, 7) is 1.33. The molecule has 5 rings (SSSR count). The molecule has 0 bridgehead atoms. The van der Waals surface area contributed by atoms with Gasteiger partial charge in [0.25, 0.3) is 0 Å². The number of methoxy groups -OCH3 is 1. The number of rotatable bonds is 3. The van der Waals surface area contributed by atoms with Crippen LogP contribution < -0.4 is 4.74 Å². The fourth-order valence-corrected chi connectivity index (χ4v) is 4.58. The van der Waals surface area contributed by atoms with E-state index in [0.717, 1.165) is 5.56 Å². The van der Waals surface area contributed by atoms with Gasteiger partial charge in [-0.25, -0.2) is 9.59 Å². The largest absolute Gasteiger partial charge is 0.471 e. The van der Waals surface area contributed by atoms with E-state index < -0.39 is 35.9 Å². The number of ether oxygens (including phenoxy) is 5. The van der Waals surface area contributed by atoms with Crippen LogP contribution in [-0.4, -0.2) is 43.0 Å². The second-order valence-electron chi connectivity index (χ2n) is 7.50. The van der Waals surface area contributed by atoms with Crippen LogP contribution >= 0.6 is 0 Å². The smallest absolute Gasteiger partial charge is 0.337 e. The molecule has 0 aromatic heterocycles. The van der Waals surface area contributed by atoms with Gasteiger partial charge in [-0.05, 0) is 29.8 Å². The van der Waals surface area contributed by atoms with Crippen molar-refractivity contribution < 1.29 is 38.1 Å². The zero-order valence-corrected chi connectivity index (χ0v) is 16.2.